The normalized spacial score (nSPS) is 12.2. The van der Waals surface area contributed by atoms with Gasteiger partial charge in [-0.05, 0) is 35.9 Å². The van der Waals surface area contributed by atoms with Crippen molar-refractivity contribution in [2.24, 2.45) is 5.84 Å². The molecule has 0 fully saturated rings. The lowest BCUT2D eigenvalue weighted by Crippen LogP contribution is -2.29. The van der Waals surface area contributed by atoms with E-state index in [1.54, 1.807) is 37.4 Å². The fourth-order valence-electron chi connectivity index (χ4n) is 2.09. The van der Waals surface area contributed by atoms with E-state index in [2.05, 4.69) is 5.43 Å². The minimum absolute atomic E-state index is 0.346. The van der Waals surface area contributed by atoms with Crippen molar-refractivity contribution in [2.45, 2.75) is 6.04 Å². The summed E-state index contributed by atoms with van der Waals surface area (Å²) in [7, 11) is 1.59. The molecule has 0 heterocycles. The molecule has 0 aliphatic heterocycles. The summed E-state index contributed by atoms with van der Waals surface area (Å²) in [6.45, 7) is 0. The Kier molecular flexibility index (Phi) is 4.73. The van der Waals surface area contributed by atoms with Gasteiger partial charge in [-0.15, -0.1) is 0 Å². The van der Waals surface area contributed by atoms with Crippen LogP contribution >= 0.6 is 23.2 Å². The van der Waals surface area contributed by atoms with Gasteiger partial charge in [0.2, 0.25) is 0 Å². The molecule has 0 aromatic heterocycles. The number of nitrogen functional groups attached to an aromatic ring is 1. The number of anilines is 1. The standard InChI is InChI=1S/C14H15Cl2N3O/c1-20-13-5-3-8(15)6-11(13)14(19-18)10-4-2-9(16)7-12(10)17/h2-7,14,19H,17-18H2,1H3. The zero-order chi connectivity index (χ0) is 14.7. The number of benzene rings is 2. The zero-order valence-corrected chi connectivity index (χ0v) is 12.4. The molecule has 106 valence electrons. The quantitative estimate of drug-likeness (QED) is 0.461. The molecule has 0 radical (unpaired) electrons. The highest BCUT2D eigenvalue weighted by Crippen LogP contribution is 2.34. The minimum Gasteiger partial charge on any atom is -0.496 e. The summed E-state index contributed by atoms with van der Waals surface area (Å²) in [5, 5.41) is 1.16. The molecule has 2 aromatic rings. The summed E-state index contributed by atoms with van der Waals surface area (Å²) in [4.78, 5) is 0. The van der Waals surface area contributed by atoms with Crippen molar-refractivity contribution in [1.29, 1.82) is 0 Å². The predicted molar refractivity (Wildman–Crippen MR) is 83.0 cm³/mol. The van der Waals surface area contributed by atoms with Crippen LogP contribution in [-0.2, 0) is 0 Å². The van der Waals surface area contributed by atoms with Crippen LogP contribution in [0.1, 0.15) is 17.2 Å². The number of nitrogens with one attached hydrogen (secondary N) is 1. The van der Waals surface area contributed by atoms with Crippen LogP contribution in [-0.4, -0.2) is 7.11 Å². The Labute approximate surface area is 127 Å². The SMILES string of the molecule is COc1ccc(Cl)cc1C(NN)c1ccc(Cl)cc1N. The first-order valence-corrected chi connectivity index (χ1v) is 6.67. The first kappa shape index (κ1) is 14.9. The summed E-state index contributed by atoms with van der Waals surface area (Å²) in [5.74, 6) is 6.35. The average molecular weight is 312 g/mol. The van der Waals surface area contributed by atoms with Crippen molar-refractivity contribution >= 4 is 28.9 Å². The molecule has 0 bridgehead atoms. The van der Waals surface area contributed by atoms with Gasteiger partial charge in [0.05, 0.1) is 13.2 Å². The Bertz CT molecular complexity index is 619. The molecular weight excluding hydrogens is 297 g/mol. The molecule has 0 saturated heterocycles. The molecule has 0 aliphatic rings. The summed E-state index contributed by atoms with van der Waals surface area (Å²) in [6.07, 6.45) is 0. The van der Waals surface area contributed by atoms with Crippen LogP contribution in [0.2, 0.25) is 10.0 Å². The van der Waals surface area contributed by atoms with Gasteiger partial charge >= 0.3 is 0 Å². The maximum atomic E-state index is 6.05. The van der Waals surface area contributed by atoms with Crippen LogP contribution in [0.15, 0.2) is 36.4 Å². The topological polar surface area (TPSA) is 73.3 Å². The number of hydrogen-bond acceptors (Lipinski definition) is 4. The lowest BCUT2D eigenvalue weighted by molar-refractivity contribution is 0.404. The molecule has 2 aromatic carbocycles. The number of methoxy groups -OCH3 is 1. The Hall–Kier alpha value is -1.46. The number of halogens is 2. The lowest BCUT2D eigenvalue weighted by atomic mass is 9.97. The minimum atomic E-state index is -0.346. The molecule has 0 aliphatic carbocycles. The highest BCUT2D eigenvalue weighted by atomic mass is 35.5. The van der Waals surface area contributed by atoms with Crippen molar-refractivity contribution in [1.82, 2.24) is 5.43 Å². The zero-order valence-electron chi connectivity index (χ0n) is 10.9. The number of rotatable bonds is 4. The first-order valence-electron chi connectivity index (χ1n) is 5.91. The maximum absolute atomic E-state index is 6.05. The van der Waals surface area contributed by atoms with Gasteiger partial charge in [-0.1, -0.05) is 29.3 Å². The Morgan fingerprint density at radius 1 is 1.05 bits per heavy atom. The number of nitrogens with two attached hydrogens (primary N) is 2. The summed E-state index contributed by atoms with van der Waals surface area (Å²) < 4.78 is 5.35. The predicted octanol–water partition coefficient (Wildman–Crippen LogP) is 3.14. The Morgan fingerprint density at radius 2 is 1.70 bits per heavy atom. The van der Waals surface area contributed by atoms with Gasteiger partial charge in [-0.25, -0.2) is 5.43 Å². The second kappa shape index (κ2) is 6.33. The van der Waals surface area contributed by atoms with E-state index >= 15 is 0 Å². The third kappa shape index (κ3) is 2.99. The van der Waals surface area contributed by atoms with Crippen LogP contribution < -0.4 is 21.7 Å². The van der Waals surface area contributed by atoms with Crippen LogP contribution in [0.4, 0.5) is 5.69 Å². The fourth-order valence-corrected chi connectivity index (χ4v) is 2.45. The number of hydrazine groups is 1. The average Bonchev–Trinajstić information content (AvgIpc) is 2.42. The third-order valence-corrected chi connectivity index (χ3v) is 3.50. The molecule has 1 unspecified atom stereocenters. The second-order valence-corrected chi connectivity index (χ2v) is 5.13. The van der Waals surface area contributed by atoms with Gasteiger partial charge < -0.3 is 10.5 Å². The van der Waals surface area contributed by atoms with Gasteiger partial charge in [0.15, 0.2) is 0 Å². The van der Waals surface area contributed by atoms with Crippen LogP contribution in [0, 0.1) is 0 Å². The molecule has 0 saturated carbocycles. The molecule has 4 nitrogen and oxygen atoms in total. The number of ether oxygens (including phenoxy) is 1. The lowest BCUT2D eigenvalue weighted by Gasteiger charge is -2.21. The Balaban J connectivity index is 2.54. The first-order chi connectivity index (χ1) is 9.56. The van der Waals surface area contributed by atoms with E-state index in [4.69, 9.17) is 39.5 Å². The van der Waals surface area contributed by atoms with E-state index in [0.29, 0.717) is 21.5 Å². The fraction of sp³-hybridized carbons (Fsp3) is 0.143. The highest BCUT2D eigenvalue weighted by molar-refractivity contribution is 6.31. The van der Waals surface area contributed by atoms with Crippen molar-refractivity contribution < 1.29 is 4.74 Å². The van der Waals surface area contributed by atoms with Gasteiger partial charge in [-0.2, -0.15) is 0 Å². The third-order valence-electron chi connectivity index (χ3n) is 3.03. The van der Waals surface area contributed by atoms with E-state index in [0.717, 1.165) is 11.1 Å². The summed E-state index contributed by atoms with van der Waals surface area (Å²) in [6, 6.07) is 10.2. The Morgan fingerprint density at radius 3 is 2.30 bits per heavy atom. The van der Waals surface area contributed by atoms with Crippen molar-refractivity contribution in [3.63, 3.8) is 0 Å². The molecule has 6 heteroatoms. The molecule has 1 atom stereocenters. The van der Waals surface area contributed by atoms with Gasteiger partial charge in [0.1, 0.15) is 5.75 Å². The largest absolute Gasteiger partial charge is 0.496 e. The molecule has 2 rings (SSSR count). The monoisotopic (exact) mass is 311 g/mol. The number of hydrogen-bond donors (Lipinski definition) is 3. The summed E-state index contributed by atoms with van der Waals surface area (Å²) in [5.41, 5.74) is 10.9. The second-order valence-electron chi connectivity index (χ2n) is 4.26. The van der Waals surface area contributed by atoms with E-state index in [9.17, 15) is 0 Å². The smallest absolute Gasteiger partial charge is 0.124 e. The van der Waals surface area contributed by atoms with Gasteiger partial charge in [-0.3, -0.25) is 5.84 Å². The summed E-state index contributed by atoms with van der Waals surface area (Å²) >= 11 is 12.0. The van der Waals surface area contributed by atoms with Gasteiger partial charge in [0, 0.05) is 21.3 Å². The van der Waals surface area contributed by atoms with Crippen molar-refractivity contribution in [3.8, 4) is 5.75 Å². The molecular formula is C14H15Cl2N3O. The van der Waals surface area contributed by atoms with Crippen LogP contribution in [0.5, 0.6) is 5.75 Å². The molecule has 5 N–H and O–H groups in total. The van der Waals surface area contributed by atoms with Crippen LogP contribution in [0.25, 0.3) is 0 Å². The molecule has 0 amide bonds. The maximum Gasteiger partial charge on any atom is 0.124 e. The van der Waals surface area contributed by atoms with Crippen molar-refractivity contribution in [3.05, 3.63) is 57.6 Å². The van der Waals surface area contributed by atoms with E-state index in [1.165, 1.54) is 0 Å². The van der Waals surface area contributed by atoms with Gasteiger partial charge in [0.25, 0.3) is 0 Å². The molecule has 20 heavy (non-hydrogen) atoms. The molecule has 0 spiro atoms. The van der Waals surface area contributed by atoms with E-state index in [-0.39, 0.29) is 6.04 Å². The van der Waals surface area contributed by atoms with Crippen LogP contribution in [0.3, 0.4) is 0 Å². The highest BCUT2D eigenvalue weighted by Gasteiger charge is 2.19. The van der Waals surface area contributed by atoms with E-state index < -0.39 is 0 Å². The van der Waals surface area contributed by atoms with E-state index in [1.807, 2.05) is 6.07 Å². The van der Waals surface area contributed by atoms with Crippen molar-refractivity contribution in [2.75, 3.05) is 12.8 Å².